The standard InChI is InChI=1S/C17H14N4O3/c1-2-17(22,13-3-7-15(8-4-13)23-11-18)14-5-9-16(10-6-14)24-12-20-21-19/h1,3-11,18,22H,12H2. The number of aliphatic hydroxyl groups is 1. The van der Waals surface area contributed by atoms with Gasteiger partial charge in [-0.15, -0.1) is 6.42 Å². The van der Waals surface area contributed by atoms with Crippen molar-refractivity contribution in [3.63, 3.8) is 0 Å². The van der Waals surface area contributed by atoms with Crippen LogP contribution in [-0.4, -0.2) is 18.2 Å². The van der Waals surface area contributed by atoms with Gasteiger partial charge in [-0.3, -0.25) is 5.41 Å². The first-order chi connectivity index (χ1) is 11.6. The van der Waals surface area contributed by atoms with Gasteiger partial charge >= 0.3 is 0 Å². The number of nitrogens with zero attached hydrogens (tertiary/aromatic N) is 3. The molecule has 2 N–H and O–H groups in total. The highest BCUT2D eigenvalue weighted by atomic mass is 16.5. The fourth-order valence-electron chi connectivity index (χ4n) is 2.10. The molecule has 2 aromatic rings. The summed E-state index contributed by atoms with van der Waals surface area (Å²) < 4.78 is 10.1. The van der Waals surface area contributed by atoms with Crippen LogP contribution in [-0.2, 0) is 5.60 Å². The lowest BCUT2D eigenvalue weighted by atomic mass is 9.87. The molecule has 0 aliphatic heterocycles. The summed E-state index contributed by atoms with van der Waals surface area (Å²) in [4.78, 5) is 2.59. The molecule has 0 heterocycles. The van der Waals surface area contributed by atoms with Crippen LogP contribution in [0.25, 0.3) is 10.4 Å². The molecule has 1 atom stereocenters. The predicted octanol–water partition coefficient (Wildman–Crippen LogP) is 3.19. The number of hydrogen-bond acceptors (Lipinski definition) is 5. The molecule has 7 heteroatoms. The van der Waals surface area contributed by atoms with E-state index >= 15 is 0 Å². The first-order valence-corrected chi connectivity index (χ1v) is 6.84. The summed E-state index contributed by atoms with van der Waals surface area (Å²) in [6, 6.07) is 13.0. The van der Waals surface area contributed by atoms with E-state index in [2.05, 4.69) is 15.9 Å². The third-order valence-corrected chi connectivity index (χ3v) is 3.30. The van der Waals surface area contributed by atoms with E-state index in [-0.39, 0.29) is 6.73 Å². The third-order valence-electron chi connectivity index (χ3n) is 3.30. The maximum Gasteiger partial charge on any atom is 0.176 e. The average Bonchev–Trinajstić information content (AvgIpc) is 2.63. The quantitative estimate of drug-likeness (QED) is 0.204. The molecule has 0 saturated carbocycles. The van der Waals surface area contributed by atoms with Crippen molar-refractivity contribution in [1.29, 1.82) is 5.41 Å². The van der Waals surface area contributed by atoms with E-state index < -0.39 is 5.60 Å². The lowest BCUT2D eigenvalue weighted by Crippen LogP contribution is -2.24. The molecule has 24 heavy (non-hydrogen) atoms. The van der Waals surface area contributed by atoms with Crippen molar-refractivity contribution in [2.45, 2.75) is 5.60 Å². The highest BCUT2D eigenvalue weighted by molar-refractivity contribution is 5.50. The minimum atomic E-state index is -1.62. The zero-order valence-electron chi connectivity index (χ0n) is 12.6. The highest BCUT2D eigenvalue weighted by Crippen LogP contribution is 2.31. The summed E-state index contributed by atoms with van der Waals surface area (Å²) in [7, 11) is 0. The van der Waals surface area contributed by atoms with Crippen LogP contribution >= 0.6 is 0 Å². The molecule has 0 bridgehead atoms. The molecule has 1 unspecified atom stereocenters. The van der Waals surface area contributed by atoms with E-state index in [0.717, 1.165) is 6.40 Å². The van der Waals surface area contributed by atoms with Gasteiger partial charge in [-0.05, 0) is 29.8 Å². The van der Waals surface area contributed by atoms with E-state index in [1.54, 1.807) is 48.5 Å². The summed E-state index contributed by atoms with van der Waals surface area (Å²) in [5.74, 6) is 3.35. The highest BCUT2D eigenvalue weighted by Gasteiger charge is 2.29. The van der Waals surface area contributed by atoms with Gasteiger partial charge in [-0.1, -0.05) is 35.3 Å². The lowest BCUT2D eigenvalue weighted by molar-refractivity contribution is 0.145. The Balaban J connectivity index is 2.26. The summed E-state index contributed by atoms with van der Waals surface area (Å²) in [5.41, 5.74) is 7.57. The summed E-state index contributed by atoms with van der Waals surface area (Å²) in [6.45, 7) is -0.121. The topological polar surface area (TPSA) is 111 Å². The molecule has 2 rings (SSSR count). The van der Waals surface area contributed by atoms with E-state index in [1.807, 2.05) is 0 Å². The number of ether oxygens (including phenoxy) is 2. The minimum Gasteiger partial charge on any atom is -0.488 e. The molecule has 0 aliphatic carbocycles. The van der Waals surface area contributed by atoms with E-state index in [0.29, 0.717) is 22.6 Å². The molecule has 2 aromatic carbocycles. The van der Waals surface area contributed by atoms with Crippen molar-refractivity contribution in [1.82, 2.24) is 0 Å². The number of hydrogen-bond donors (Lipinski definition) is 2. The fourth-order valence-corrected chi connectivity index (χ4v) is 2.10. The SMILES string of the molecule is C#CC(O)(c1ccc(OC=N)cc1)c1ccc(OCN=[N+]=[N-])cc1. The predicted molar refractivity (Wildman–Crippen MR) is 88.8 cm³/mol. The summed E-state index contributed by atoms with van der Waals surface area (Å²) >= 11 is 0. The van der Waals surface area contributed by atoms with Gasteiger partial charge in [0.1, 0.15) is 11.5 Å². The van der Waals surface area contributed by atoms with Gasteiger partial charge in [0.25, 0.3) is 0 Å². The Bertz CT molecular complexity index is 790. The van der Waals surface area contributed by atoms with Crippen LogP contribution in [0.1, 0.15) is 11.1 Å². The third kappa shape index (κ3) is 3.65. The summed E-state index contributed by atoms with van der Waals surface area (Å²) in [5, 5.41) is 21.0. The second kappa shape index (κ2) is 7.70. The molecule has 7 nitrogen and oxygen atoms in total. The van der Waals surface area contributed by atoms with Crippen molar-refractivity contribution >= 4 is 6.40 Å². The molecular weight excluding hydrogens is 308 g/mol. The van der Waals surface area contributed by atoms with Crippen LogP contribution in [0.4, 0.5) is 0 Å². The van der Waals surface area contributed by atoms with Crippen molar-refractivity contribution in [2.75, 3.05) is 6.73 Å². The Morgan fingerprint density at radius 3 is 2.17 bits per heavy atom. The number of rotatable bonds is 7. The second-order valence-corrected chi connectivity index (χ2v) is 4.64. The number of nitrogens with one attached hydrogen (secondary N) is 1. The Kier molecular flexibility index (Phi) is 5.42. The van der Waals surface area contributed by atoms with Gasteiger partial charge in [0.15, 0.2) is 18.7 Å². The van der Waals surface area contributed by atoms with Crippen molar-refractivity contribution in [3.8, 4) is 23.8 Å². The molecule has 0 fully saturated rings. The number of benzene rings is 2. The molecule has 0 amide bonds. The minimum absolute atomic E-state index is 0.121. The number of azide groups is 1. The van der Waals surface area contributed by atoms with Gasteiger partial charge in [0.05, 0.1) is 0 Å². The van der Waals surface area contributed by atoms with Crippen LogP contribution in [0.3, 0.4) is 0 Å². The smallest absolute Gasteiger partial charge is 0.176 e. The van der Waals surface area contributed by atoms with Crippen molar-refractivity contribution < 1.29 is 14.6 Å². The Morgan fingerprint density at radius 2 is 1.71 bits per heavy atom. The van der Waals surface area contributed by atoms with Crippen LogP contribution in [0, 0.1) is 17.8 Å². The Hall–Kier alpha value is -3.46. The average molecular weight is 322 g/mol. The molecule has 0 spiro atoms. The fraction of sp³-hybridized carbons (Fsp3) is 0.118. The van der Waals surface area contributed by atoms with E-state index in [1.165, 1.54) is 0 Å². The van der Waals surface area contributed by atoms with Crippen molar-refractivity contribution in [2.24, 2.45) is 5.11 Å². The van der Waals surface area contributed by atoms with E-state index in [4.69, 9.17) is 26.8 Å². The second-order valence-electron chi connectivity index (χ2n) is 4.64. The molecule has 0 aromatic heterocycles. The van der Waals surface area contributed by atoms with Crippen LogP contribution < -0.4 is 9.47 Å². The first kappa shape index (κ1) is 16.9. The van der Waals surface area contributed by atoms with Crippen molar-refractivity contribution in [3.05, 3.63) is 70.1 Å². The molecule has 0 aliphatic rings. The monoisotopic (exact) mass is 322 g/mol. The van der Waals surface area contributed by atoms with Gasteiger partial charge in [0.2, 0.25) is 0 Å². The summed E-state index contributed by atoms with van der Waals surface area (Å²) in [6.07, 6.45) is 6.37. The lowest BCUT2D eigenvalue weighted by Gasteiger charge is -2.23. The van der Waals surface area contributed by atoms with Gasteiger partial charge in [-0.2, -0.15) is 0 Å². The Morgan fingerprint density at radius 1 is 1.17 bits per heavy atom. The van der Waals surface area contributed by atoms with Crippen LogP contribution in [0.2, 0.25) is 0 Å². The Labute approximate surface area is 138 Å². The molecule has 0 radical (unpaired) electrons. The molecule has 0 saturated heterocycles. The molecule has 120 valence electrons. The van der Waals surface area contributed by atoms with Gasteiger partial charge in [0, 0.05) is 16.0 Å². The zero-order chi connectivity index (χ0) is 17.4. The van der Waals surface area contributed by atoms with E-state index in [9.17, 15) is 5.11 Å². The largest absolute Gasteiger partial charge is 0.488 e. The zero-order valence-corrected chi connectivity index (χ0v) is 12.6. The van der Waals surface area contributed by atoms with Gasteiger partial charge < -0.3 is 14.6 Å². The first-order valence-electron chi connectivity index (χ1n) is 6.84. The maximum atomic E-state index is 10.9. The van der Waals surface area contributed by atoms with Crippen LogP contribution in [0.5, 0.6) is 11.5 Å². The maximum absolute atomic E-state index is 10.9. The normalized spacial score (nSPS) is 12.2. The van der Waals surface area contributed by atoms with Crippen LogP contribution in [0.15, 0.2) is 53.6 Å². The molecular formula is C17H14N4O3. The van der Waals surface area contributed by atoms with Gasteiger partial charge in [-0.25, -0.2) is 0 Å². The number of terminal acetylenes is 1.